The van der Waals surface area contributed by atoms with Gasteiger partial charge in [0.15, 0.2) is 0 Å². The molecule has 0 unspecified atom stereocenters. The highest BCUT2D eigenvalue weighted by molar-refractivity contribution is 6.31. The molecule has 2 heterocycles. The van der Waals surface area contributed by atoms with Crippen molar-refractivity contribution in [2.75, 3.05) is 0 Å². The number of carboxylic acid groups (broad SMARTS) is 1. The van der Waals surface area contributed by atoms with Gasteiger partial charge in [0.2, 0.25) is 5.43 Å². The molecule has 0 amide bonds. The molecule has 0 fully saturated rings. The van der Waals surface area contributed by atoms with Crippen LogP contribution in [0.3, 0.4) is 0 Å². The fourth-order valence-electron chi connectivity index (χ4n) is 2.96. The van der Waals surface area contributed by atoms with Crippen molar-refractivity contribution >= 4 is 39.5 Å². The lowest BCUT2D eigenvalue weighted by molar-refractivity contribution is -0.136. The van der Waals surface area contributed by atoms with Gasteiger partial charge in [0.1, 0.15) is 28.2 Å². The zero-order valence-electron chi connectivity index (χ0n) is 12.8. The summed E-state index contributed by atoms with van der Waals surface area (Å²) in [5.41, 5.74) is 1.57. The largest absolute Gasteiger partial charge is 0.481 e. The third-order valence-corrected chi connectivity index (χ3v) is 4.27. The SMILES string of the molecule is O=C(O)Cc1c(-c2ccccc2)oc2ccc3c(=O)c(Cl)coc3c12. The smallest absolute Gasteiger partial charge is 0.307 e. The molecule has 4 rings (SSSR count). The molecule has 0 spiro atoms. The zero-order chi connectivity index (χ0) is 17.6. The van der Waals surface area contributed by atoms with Gasteiger partial charge in [-0.25, -0.2) is 0 Å². The van der Waals surface area contributed by atoms with Crippen LogP contribution >= 0.6 is 11.6 Å². The van der Waals surface area contributed by atoms with Crippen LogP contribution in [-0.4, -0.2) is 11.1 Å². The molecule has 0 aliphatic carbocycles. The van der Waals surface area contributed by atoms with Crippen molar-refractivity contribution in [1.29, 1.82) is 0 Å². The maximum absolute atomic E-state index is 12.2. The van der Waals surface area contributed by atoms with E-state index in [-0.39, 0.29) is 27.8 Å². The van der Waals surface area contributed by atoms with Crippen LogP contribution in [-0.2, 0) is 11.2 Å². The maximum atomic E-state index is 12.2. The molecule has 4 aromatic rings. The van der Waals surface area contributed by atoms with E-state index in [1.165, 1.54) is 0 Å². The summed E-state index contributed by atoms with van der Waals surface area (Å²) in [5.74, 6) is -0.559. The highest BCUT2D eigenvalue weighted by atomic mass is 35.5. The fraction of sp³-hybridized carbons (Fsp3) is 0.0526. The van der Waals surface area contributed by atoms with Crippen LogP contribution < -0.4 is 5.43 Å². The first-order chi connectivity index (χ1) is 12.1. The van der Waals surface area contributed by atoms with Gasteiger partial charge in [-0.3, -0.25) is 9.59 Å². The van der Waals surface area contributed by atoms with Crippen molar-refractivity contribution < 1.29 is 18.7 Å². The lowest BCUT2D eigenvalue weighted by Crippen LogP contribution is -2.03. The third-order valence-electron chi connectivity index (χ3n) is 4.01. The molecule has 6 heteroatoms. The van der Waals surface area contributed by atoms with Gasteiger partial charge in [-0.2, -0.15) is 0 Å². The number of benzene rings is 2. The number of rotatable bonds is 3. The molecule has 1 N–H and O–H groups in total. The van der Waals surface area contributed by atoms with Gasteiger partial charge in [-0.1, -0.05) is 41.9 Å². The number of fused-ring (bicyclic) bond motifs is 3. The van der Waals surface area contributed by atoms with E-state index in [1.807, 2.05) is 30.3 Å². The van der Waals surface area contributed by atoms with Gasteiger partial charge in [-0.05, 0) is 12.1 Å². The molecule has 124 valence electrons. The fourth-order valence-corrected chi connectivity index (χ4v) is 3.10. The van der Waals surface area contributed by atoms with Crippen LogP contribution in [0.25, 0.3) is 33.3 Å². The summed E-state index contributed by atoms with van der Waals surface area (Å²) >= 11 is 5.84. The summed E-state index contributed by atoms with van der Waals surface area (Å²) in [4.78, 5) is 23.6. The number of carboxylic acids is 1. The number of hydrogen-bond acceptors (Lipinski definition) is 4. The van der Waals surface area contributed by atoms with Gasteiger partial charge < -0.3 is 13.9 Å². The van der Waals surface area contributed by atoms with Gasteiger partial charge in [0, 0.05) is 11.1 Å². The Morgan fingerprint density at radius 3 is 2.60 bits per heavy atom. The molecule has 0 saturated heterocycles. The van der Waals surface area contributed by atoms with E-state index in [0.717, 1.165) is 11.8 Å². The van der Waals surface area contributed by atoms with Crippen LogP contribution in [0.4, 0.5) is 0 Å². The second kappa shape index (κ2) is 5.79. The Hall–Kier alpha value is -3.05. The second-order valence-electron chi connectivity index (χ2n) is 5.57. The molecule has 2 aromatic carbocycles. The first-order valence-electron chi connectivity index (χ1n) is 7.49. The number of furan rings is 1. The summed E-state index contributed by atoms with van der Waals surface area (Å²) in [6.07, 6.45) is 0.897. The molecular formula is C19H11ClO5. The summed E-state index contributed by atoms with van der Waals surface area (Å²) in [5, 5.41) is 10.1. The molecule has 25 heavy (non-hydrogen) atoms. The molecular weight excluding hydrogens is 344 g/mol. The van der Waals surface area contributed by atoms with Crippen molar-refractivity contribution in [1.82, 2.24) is 0 Å². The van der Waals surface area contributed by atoms with E-state index < -0.39 is 5.97 Å². The Bertz CT molecular complexity index is 1170. The van der Waals surface area contributed by atoms with E-state index in [9.17, 15) is 14.7 Å². The molecule has 0 bridgehead atoms. The molecule has 0 atom stereocenters. The first kappa shape index (κ1) is 15.5. The van der Waals surface area contributed by atoms with Crippen LogP contribution in [0, 0.1) is 0 Å². The zero-order valence-corrected chi connectivity index (χ0v) is 13.5. The Balaban J connectivity index is 2.15. The minimum absolute atomic E-state index is 0.0292. The summed E-state index contributed by atoms with van der Waals surface area (Å²) in [6.45, 7) is 0. The van der Waals surface area contributed by atoms with E-state index in [2.05, 4.69) is 0 Å². The van der Waals surface area contributed by atoms with Crippen molar-refractivity contribution in [3.05, 3.63) is 69.5 Å². The van der Waals surface area contributed by atoms with E-state index in [0.29, 0.717) is 22.3 Å². The lowest BCUT2D eigenvalue weighted by atomic mass is 10.0. The topological polar surface area (TPSA) is 80.6 Å². The Morgan fingerprint density at radius 2 is 1.88 bits per heavy atom. The number of aliphatic carboxylic acids is 1. The van der Waals surface area contributed by atoms with Crippen molar-refractivity contribution in [3.8, 4) is 11.3 Å². The third kappa shape index (κ3) is 2.49. The summed E-state index contributed by atoms with van der Waals surface area (Å²) in [6, 6.07) is 12.4. The standard InChI is InChI=1S/C19H11ClO5/c20-13-9-24-19-11(17(13)23)6-7-14-16(19)12(8-15(21)22)18(25-14)10-4-2-1-3-5-10/h1-7,9H,8H2,(H,21,22). The van der Waals surface area contributed by atoms with Gasteiger partial charge in [0.05, 0.1) is 17.2 Å². The Morgan fingerprint density at radius 1 is 1.12 bits per heavy atom. The number of halogens is 1. The predicted octanol–water partition coefficient (Wildman–Crippen LogP) is 4.49. The van der Waals surface area contributed by atoms with Gasteiger partial charge >= 0.3 is 5.97 Å². The van der Waals surface area contributed by atoms with Crippen molar-refractivity contribution in [3.63, 3.8) is 0 Å². The minimum atomic E-state index is -1.01. The van der Waals surface area contributed by atoms with Gasteiger partial charge in [-0.15, -0.1) is 0 Å². The average Bonchev–Trinajstić information content (AvgIpc) is 2.97. The van der Waals surface area contributed by atoms with E-state index in [1.54, 1.807) is 12.1 Å². The van der Waals surface area contributed by atoms with Gasteiger partial charge in [0.25, 0.3) is 0 Å². The second-order valence-corrected chi connectivity index (χ2v) is 5.98. The van der Waals surface area contributed by atoms with E-state index >= 15 is 0 Å². The number of hydrogen-bond donors (Lipinski definition) is 1. The quantitative estimate of drug-likeness (QED) is 0.586. The van der Waals surface area contributed by atoms with Crippen molar-refractivity contribution in [2.24, 2.45) is 0 Å². The van der Waals surface area contributed by atoms with Crippen LogP contribution in [0.5, 0.6) is 0 Å². The Labute approximate surface area is 146 Å². The molecule has 0 saturated carbocycles. The number of carbonyl (C=O) groups is 1. The average molecular weight is 355 g/mol. The predicted molar refractivity (Wildman–Crippen MR) is 94.0 cm³/mol. The van der Waals surface area contributed by atoms with Crippen LogP contribution in [0.2, 0.25) is 5.02 Å². The molecule has 2 aromatic heterocycles. The molecule has 0 radical (unpaired) electrons. The maximum Gasteiger partial charge on any atom is 0.307 e. The minimum Gasteiger partial charge on any atom is -0.481 e. The Kier molecular flexibility index (Phi) is 3.58. The normalized spacial score (nSPS) is 11.2. The van der Waals surface area contributed by atoms with Crippen LogP contribution in [0.1, 0.15) is 5.56 Å². The highest BCUT2D eigenvalue weighted by Crippen LogP contribution is 2.37. The molecule has 5 nitrogen and oxygen atoms in total. The lowest BCUT2D eigenvalue weighted by Gasteiger charge is -2.02. The van der Waals surface area contributed by atoms with E-state index in [4.69, 9.17) is 20.4 Å². The molecule has 0 aliphatic rings. The van der Waals surface area contributed by atoms with Crippen LogP contribution in [0.15, 0.2) is 62.4 Å². The summed E-state index contributed by atoms with van der Waals surface area (Å²) < 4.78 is 11.4. The van der Waals surface area contributed by atoms with Crippen molar-refractivity contribution in [2.45, 2.75) is 6.42 Å². The molecule has 0 aliphatic heterocycles. The first-order valence-corrected chi connectivity index (χ1v) is 7.86. The monoisotopic (exact) mass is 354 g/mol. The summed E-state index contributed by atoms with van der Waals surface area (Å²) in [7, 11) is 0. The highest BCUT2D eigenvalue weighted by Gasteiger charge is 2.22.